The van der Waals surface area contributed by atoms with Crippen LogP contribution < -0.4 is 5.32 Å². The fourth-order valence-corrected chi connectivity index (χ4v) is 5.55. The van der Waals surface area contributed by atoms with E-state index in [0.717, 1.165) is 30.9 Å². The third-order valence-electron chi connectivity index (χ3n) is 6.52. The van der Waals surface area contributed by atoms with Crippen LogP contribution in [0.15, 0.2) is 47.5 Å². The van der Waals surface area contributed by atoms with Gasteiger partial charge in [0.2, 0.25) is 0 Å². The number of rotatable bonds is 4. The molecule has 0 aliphatic carbocycles. The van der Waals surface area contributed by atoms with Crippen molar-refractivity contribution in [3.05, 3.63) is 69.8 Å². The molecule has 1 aromatic heterocycles. The van der Waals surface area contributed by atoms with Crippen LogP contribution >= 0.6 is 11.8 Å². The second kappa shape index (κ2) is 9.77. The van der Waals surface area contributed by atoms with Crippen LogP contribution in [0.3, 0.4) is 0 Å². The van der Waals surface area contributed by atoms with Crippen LogP contribution in [0, 0.1) is 0 Å². The Bertz CT molecular complexity index is 1440. The number of hydrogen-bond donors (Lipinski definition) is 1. The Morgan fingerprint density at radius 1 is 1.00 bits per heavy atom. The van der Waals surface area contributed by atoms with E-state index in [0.29, 0.717) is 35.4 Å². The van der Waals surface area contributed by atoms with E-state index < -0.39 is 30.0 Å². The second-order valence-corrected chi connectivity index (χ2v) is 10.0. The minimum Gasteiger partial charge on any atom is -0.317 e. The maximum absolute atomic E-state index is 13.5. The van der Waals surface area contributed by atoms with Crippen molar-refractivity contribution in [1.82, 2.24) is 20.0 Å². The highest BCUT2D eigenvalue weighted by atomic mass is 32.2. The molecule has 0 spiro atoms. The van der Waals surface area contributed by atoms with Crippen LogP contribution in [0.5, 0.6) is 0 Å². The lowest BCUT2D eigenvalue weighted by Crippen LogP contribution is -2.45. The standard InChI is InChI=1S/C25H20F6N4O2S/c26-24(27,28)17-3-2-15(19(11-17)25(29,30)31)13-34-20-4-1-14(9-16(20)12-33-34)10-21-22(36)35(23(37)38-21)18-5-7-32-8-6-18/h1-4,9-12,18,32H,5-8,13H2. The molecule has 0 radical (unpaired) electrons. The zero-order chi connectivity index (χ0) is 27.2. The molecule has 2 fully saturated rings. The quantitative estimate of drug-likeness (QED) is 0.321. The van der Waals surface area contributed by atoms with Crippen molar-refractivity contribution in [3.8, 4) is 0 Å². The highest BCUT2D eigenvalue weighted by Gasteiger charge is 2.40. The Morgan fingerprint density at radius 3 is 2.42 bits per heavy atom. The molecule has 2 aliphatic heterocycles. The molecule has 2 aromatic carbocycles. The summed E-state index contributed by atoms with van der Waals surface area (Å²) in [6.07, 6.45) is -5.51. The fraction of sp³-hybridized carbons (Fsp3) is 0.320. The van der Waals surface area contributed by atoms with Gasteiger partial charge in [-0.15, -0.1) is 0 Å². The predicted octanol–water partition coefficient (Wildman–Crippen LogP) is 5.91. The molecule has 1 N–H and O–H groups in total. The van der Waals surface area contributed by atoms with E-state index in [2.05, 4.69) is 10.4 Å². The van der Waals surface area contributed by atoms with Crippen LogP contribution in [0.4, 0.5) is 31.1 Å². The van der Waals surface area contributed by atoms with Crippen molar-refractivity contribution in [2.45, 2.75) is 37.8 Å². The average molecular weight is 555 g/mol. The number of halogens is 6. The van der Waals surface area contributed by atoms with Crippen LogP contribution in [-0.4, -0.2) is 45.0 Å². The summed E-state index contributed by atoms with van der Waals surface area (Å²) < 4.78 is 80.9. The van der Waals surface area contributed by atoms with E-state index in [1.807, 2.05) is 0 Å². The first-order valence-electron chi connectivity index (χ1n) is 11.6. The summed E-state index contributed by atoms with van der Waals surface area (Å²) in [6.45, 7) is 1.05. The molecule has 0 unspecified atom stereocenters. The topological polar surface area (TPSA) is 67.2 Å². The molecule has 3 aromatic rings. The maximum Gasteiger partial charge on any atom is 0.416 e. The number of piperidine rings is 1. The number of imide groups is 1. The zero-order valence-corrected chi connectivity index (χ0v) is 20.4. The largest absolute Gasteiger partial charge is 0.416 e. The molecule has 3 heterocycles. The van der Waals surface area contributed by atoms with Crippen LogP contribution in [0.2, 0.25) is 0 Å². The number of carbonyl (C=O) groups excluding carboxylic acids is 2. The highest BCUT2D eigenvalue weighted by molar-refractivity contribution is 8.18. The summed E-state index contributed by atoms with van der Waals surface area (Å²) in [7, 11) is 0. The van der Waals surface area contributed by atoms with Gasteiger partial charge in [-0.05, 0) is 79.2 Å². The van der Waals surface area contributed by atoms with Crippen molar-refractivity contribution in [2.75, 3.05) is 13.1 Å². The number of aromatic nitrogens is 2. The molecule has 2 aliphatic rings. The molecule has 0 saturated carbocycles. The molecular formula is C25H20F6N4O2S. The lowest BCUT2D eigenvalue weighted by atomic mass is 10.0. The molecule has 0 atom stereocenters. The van der Waals surface area contributed by atoms with Crippen molar-refractivity contribution < 1.29 is 35.9 Å². The fourth-order valence-electron chi connectivity index (χ4n) is 4.65. The van der Waals surface area contributed by atoms with Gasteiger partial charge in [0.15, 0.2) is 0 Å². The van der Waals surface area contributed by atoms with Crippen molar-refractivity contribution >= 4 is 39.9 Å². The van der Waals surface area contributed by atoms with Crippen molar-refractivity contribution in [3.63, 3.8) is 0 Å². The maximum atomic E-state index is 13.5. The lowest BCUT2D eigenvalue weighted by molar-refractivity contribution is -0.143. The van der Waals surface area contributed by atoms with E-state index in [1.54, 1.807) is 24.3 Å². The first kappa shape index (κ1) is 26.3. The van der Waals surface area contributed by atoms with Gasteiger partial charge in [0.1, 0.15) is 0 Å². The summed E-state index contributed by atoms with van der Waals surface area (Å²) in [6, 6.07) is 6.29. The van der Waals surface area contributed by atoms with Gasteiger partial charge < -0.3 is 5.32 Å². The van der Waals surface area contributed by atoms with Crippen LogP contribution in [-0.2, 0) is 23.7 Å². The Hall–Kier alpha value is -3.32. The first-order valence-corrected chi connectivity index (χ1v) is 12.4. The van der Waals surface area contributed by atoms with Gasteiger partial charge in [0, 0.05) is 11.4 Å². The van der Waals surface area contributed by atoms with E-state index in [-0.39, 0.29) is 33.7 Å². The number of fused-ring (bicyclic) bond motifs is 1. The first-order chi connectivity index (χ1) is 17.9. The predicted molar refractivity (Wildman–Crippen MR) is 129 cm³/mol. The minimum atomic E-state index is -4.98. The minimum absolute atomic E-state index is 0.107. The Morgan fingerprint density at radius 2 is 1.74 bits per heavy atom. The average Bonchev–Trinajstić information content (AvgIpc) is 3.37. The molecule has 13 heteroatoms. The Balaban J connectivity index is 1.40. The third kappa shape index (κ3) is 5.17. The van der Waals surface area contributed by atoms with Gasteiger partial charge in [0.05, 0.1) is 34.3 Å². The van der Waals surface area contributed by atoms with Crippen LogP contribution in [0.1, 0.15) is 35.1 Å². The Labute approximate surface area is 216 Å². The number of nitrogens with one attached hydrogen (secondary N) is 1. The number of carbonyl (C=O) groups is 2. The van der Waals surface area contributed by atoms with Gasteiger partial charge in [-0.3, -0.25) is 19.2 Å². The molecule has 38 heavy (non-hydrogen) atoms. The number of benzene rings is 2. The highest BCUT2D eigenvalue weighted by Crippen LogP contribution is 2.38. The number of thioether (sulfide) groups is 1. The monoisotopic (exact) mass is 554 g/mol. The van der Waals surface area contributed by atoms with E-state index in [1.165, 1.54) is 15.8 Å². The zero-order valence-electron chi connectivity index (χ0n) is 19.6. The third-order valence-corrected chi connectivity index (χ3v) is 7.41. The van der Waals surface area contributed by atoms with Gasteiger partial charge in [0.25, 0.3) is 11.1 Å². The molecule has 2 saturated heterocycles. The Kier molecular flexibility index (Phi) is 6.76. The number of alkyl halides is 6. The summed E-state index contributed by atoms with van der Waals surface area (Å²) in [5.41, 5.74) is -2.06. The second-order valence-electron chi connectivity index (χ2n) is 9.02. The lowest BCUT2D eigenvalue weighted by Gasteiger charge is -2.29. The smallest absolute Gasteiger partial charge is 0.317 e. The van der Waals surface area contributed by atoms with E-state index >= 15 is 0 Å². The SMILES string of the molecule is O=C1SC(=Cc2ccc3c(cnn3Cc3ccc(C(F)(F)F)cc3C(F)(F)F)c2)C(=O)N1C1CCNCC1. The number of nitrogens with zero attached hydrogens (tertiary/aromatic N) is 3. The summed E-state index contributed by atoms with van der Waals surface area (Å²) in [5.74, 6) is -0.357. The number of amides is 2. The normalized spacial score (nSPS) is 18.8. The summed E-state index contributed by atoms with van der Waals surface area (Å²) in [4.78, 5) is 27.0. The van der Waals surface area contributed by atoms with Gasteiger partial charge >= 0.3 is 12.4 Å². The van der Waals surface area contributed by atoms with Gasteiger partial charge in [-0.25, -0.2) is 0 Å². The summed E-state index contributed by atoms with van der Waals surface area (Å²) >= 11 is 0.860. The molecule has 6 nitrogen and oxygen atoms in total. The van der Waals surface area contributed by atoms with E-state index in [9.17, 15) is 35.9 Å². The van der Waals surface area contributed by atoms with Gasteiger partial charge in [-0.2, -0.15) is 31.4 Å². The molecule has 200 valence electrons. The van der Waals surface area contributed by atoms with Crippen molar-refractivity contribution in [1.29, 1.82) is 0 Å². The molecule has 0 bridgehead atoms. The molecule has 5 rings (SSSR count). The molecule has 2 amide bonds. The van der Waals surface area contributed by atoms with E-state index in [4.69, 9.17) is 0 Å². The number of hydrogen-bond acceptors (Lipinski definition) is 5. The summed E-state index contributed by atoms with van der Waals surface area (Å²) in [5, 5.41) is 7.55. The van der Waals surface area contributed by atoms with Gasteiger partial charge in [-0.1, -0.05) is 12.1 Å². The molecular weight excluding hydrogens is 534 g/mol. The van der Waals surface area contributed by atoms with Crippen LogP contribution in [0.25, 0.3) is 17.0 Å². The van der Waals surface area contributed by atoms with Crippen molar-refractivity contribution in [2.24, 2.45) is 0 Å².